The average molecular weight is 182 g/mol. The third-order valence-corrected chi connectivity index (χ3v) is 2.70. The Morgan fingerprint density at radius 2 is 2.17 bits per heavy atom. The van der Waals surface area contributed by atoms with Gasteiger partial charge in [-0.2, -0.15) is 0 Å². The van der Waals surface area contributed by atoms with E-state index in [1.165, 1.54) is 16.0 Å². The first-order valence-electron chi connectivity index (χ1n) is 3.91. The van der Waals surface area contributed by atoms with Crippen LogP contribution in [0, 0.1) is 6.92 Å². The van der Waals surface area contributed by atoms with Crippen molar-refractivity contribution in [3.05, 3.63) is 29.3 Å². The van der Waals surface area contributed by atoms with Crippen LogP contribution in [0.4, 0.5) is 0 Å². The molecule has 1 nitrogen and oxygen atoms in total. The predicted octanol–water partition coefficient (Wildman–Crippen LogP) is 2.86. The zero-order valence-electron chi connectivity index (χ0n) is 7.76. The molecule has 0 aliphatic heterocycles. The minimum absolute atomic E-state index is 0.711. The first-order valence-corrected chi connectivity index (χ1v) is 5.13. The highest BCUT2D eigenvalue weighted by atomic mass is 32.2. The van der Waals surface area contributed by atoms with Crippen LogP contribution in [-0.2, 0) is 11.3 Å². The van der Waals surface area contributed by atoms with Gasteiger partial charge >= 0.3 is 0 Å². The molecule has 0 saturated heterocycles. The molecule has 0 spiro atoms. The molecule has 1 rings (SSSR count). The fourth-order valence-corrected chi connectivity index (χ4v) is 1.88. The van der Waals surface area contributed by atoms with Crippen molar-refractivity contribution in [1.29, 1.82) is 0 Å². The molecule has 2 heteroatoms. The topological polar surface area (TPSA) is 9.23 Å². The SMILES string of the molecule is COCc1c(C)cccc1SC. The highest BCUT2D eigenvalue weighted by Gasteiger charge is 2.02. The molecule has 0 aliphatic rings. The van der Waals surface area contributed by atoms with E-state index in [0.717, 1.165) is 0 Å². The van der Waals surface area contributed by atoms with Crippen LogP contribution >= 0.6 is 11.8 Å². The number of hydrogen-bond donors (Lipinski definition) is 0. The number of rotatable bonds is 3. The highest BCUT2D eigenvalue weighted by molar-refractivity contribution is 7.98. The van der Waals surface area contributed by atoms with Crippen molar-refractivity contribution >= 4 is 11.8 Å². The minimum atomic E-state index is 0.711. The standard InChI is InChI=1S/C10H14OS/c1-8-5-4-6-10(12-3)9(8)7-11-2/h4-6H,7H2,1-3H3. The van der Waals surface area contributed by atoms with Crippen LogP contribution in [0.2, 0.25) is 0 Å². The fourth-order valence-electron chi connectivity index (χ4n) is 1.20. The van der Waals surface area contributed by atoms with Crippen molar-refractivity contribution in [3.8, 4) is 0 Å². The maximum atomic E-state index is 5.14. The van der Waals surface area contributed by atoms with E-state index in [2.05, 4.69) is 31.4 Å². The number of hydrogen-bond acceptors (Lipinski definition) is 2. The van der Waals surface area contributed by atoms with Gasteiger partial charge < -0.3 is 4.74 Å². The second-order valence-electron chi connectivity index (χ2n) is 2.69. The van der Waals surface area contributed by atoms with Gasteiger partial charge in [0.05, 0.1) is 6.61 Å². The number of benzene rings is 1. The summed E-state index contributed by atoms with van der Waals surface area (Å²) in [5, 5.41) is 0. The Bertz CT molecular complexity index is 258. The third-order valence-electron chi connectivity index (χ3n) is 1.88. The Morgan fingerprint density at radius 1 is 1.42 bits per heavy atom. The Labute approximate surface area is 78.1 Å². The first-order chi connectivity index (χ1) is 5.79. The molecule has 0 aliphatic carbocycles. The van der Waals surface area contributed by atoms with E-state index in [1.807, 2.05) is 0 Å². The number of methoxy groups -OCH3 is 1. The maximum Gasteiger partial charge on any atom is 0.0726 e. The molecule has 0 bridgehead atoms. The molecular weight excluding hydrogens is 168 g/mol. The fraction of sp³-hybridized carbons (Fsp3) is 0.400. The Balaban J connectivity index is 3.02. The molecule has 1 aromatic carbocycles. The van der Waals surface area contributed by atoms with E-state index >= 15 is 0 Å². The van der Waals surface area contributed by atoms with Gasteiger partial charge in [0, 0.05) is 12.0 Å². The Kier molecular flexibility index (Phi) is 3.63. The summed E-state index contributed by atoms with van der Waals surface area (Å²) in [4.78, 5) is 1.32. The molecule has 0 aromatic heterocycles. The molecule has 12 heavy (non-hydrogen) atoms. The second kappa shape index (κ2) is 4.53. The summed E-state index contributed by atoms with van der Waals surface area (Å²) in [5.41, 5.74) is 2.62. The average Bonchev–Trinajstić information content (AvgIpc) is 2.09. The Morgan fingerprint density at radius 3 is 2.75 bits per heavy atom. The molecule has 0 amide bonds. The lowest BCUT2D eigenvalue weighted by atomic mass is 10.1. The van der Waals surface area contributed by atoms with E-state index in [1.54, 1.807) is 18.9 Å². The van der Waals surface area contributed by atoms with Gasteiger partial charge in [-0.25, -0.2) is 0 Å². The number of ether oxygens (including phenoxy) is 1. The molecule has 0 unspecified atom stereocenters. The van der Waals surface area contributed by atoms with Crippen LogP contribution in [0.5, 0.6) is 0 Å². The van der Waals surface area contributed by atoms with Crippen molar-refractivity contribution in [2.45, 2.75) is 18.4 Å². The summed E-state index contributed by atoms with van der Waals surface area (Å²) in [6.07, 6.45) is 2.09. The minimum Gasteiger partial charge on any atom is -0.380 e. The molecule has 0 fully saturated rings. The van der Waals surface area contributed by atoms with Gasteiger partial charge in [-0.3, -0.25) is 0 Å². The first kappa shape index (κ1) is 9.62. The molecule has 0 N–H and O–H groups in total. The molecule has 0 saturated carbocycles. The zero-order valence-corrected chi connectivity index (χ0v) is 8.57. The smallest absolute Gasteiger partial charge is 0.0726 e. The van der Waals surface area contributed by atoms with Crippen molar-refractivity contribution in [2.75, 3.05) is 13.4 Å². The van der Waals surface area contributed by atoms with Crippen LogP contribution in [0.25, 0.3) is 0 Å². The van der Waals surface area contributed by atoms with Crippen LogP contribution in [0.3, 0.4) is 0 Å². The Hall–Kier alpha value is -0.470. The van der Waals surface area contributed by atoms with E-state index in [-0.39, 0.29) is 0 Å². The van der Waals surface area contributed by atoms with Gasteiger partial charge in [0.1, 0.15) is 0 Å². The van der Waals surface area contributed by atoms with Gasteiger partial charge in [0.25, 0.3) is 0 Å². The van der Waals surface area contributed by atoms with Gasteiger partial charge in [-0.05, 0) is 30.4 Å². The summed E-state index contributed by atoms with van der Waals surface area (Å²) >= 11 is 1.77. The van der Waals surface area contributed by atoms with Crippen LogP contribution < -0.4 is 0 Å². The van der Waals surface area contributed by atoms with Crippen molar-refractivity contribution in [3.63, 3.8) is 0 Å². The summed E-state index contributed by atoms with van der Waals surface area (Å²) in [7, 11) is 1.73. The molecular formula is C10H14OS. The number of aryl methyl sites for hydroxylation is 1. The molecule has 66 valence electrons. The second-order valence-corrected chi connectivity index (χ2v) is 3.54. The summed E-state index contributed by atoms with van der Waals surface area (Å²) in [5.74, 6) is 0. The normalized spacial score (nSPS) is 10.2. The predicted molar refractivity (Wildman–Crippen MR) is 53.7 cm³/mol. The summed E-state index contributed by atoms with van der Waals surface area (Å²) in [6, 6.07) is 6.33. The zero-order chi connectivity index (χ0) is 8.97. The van der Waals surface area contributed by atoms with Gasteiger partial charge in [0.15, 0.2) is 0 Å². The van der Waals surface area contributed by atoms with Crippen molar-refractivity contribution in [2.24, 2.45) is 0 Å². The lowest BCUT2D eigenvalue weighted by Crippen LogP contribution is -1.93. The monoisotopic (exact) mass is 182 g/mol. The number of thioether (sulfide) groups is 1. The van der Waals surface area contributed by atoms with Crippen LogP contribution in [0.15, 0.2) is 23.1 Å². The van der Waals surface area contributed by atoms with E-state index in [4.69, 9.17) is 4.74 Å². The largest absolute Gasteiger partial charge is 0.380 e. The lowest BCUT2D eigenvalue weighted by Gasteiger charge is -2.08. The molecule has 0 atom stereocenters. The quantitative estimate of drug-likeness (QED) is 0.665. The lowest BCUT2D eigenvalue weighted by molar-refractivity contribution is 0.182. The van der Waals surface area contributed by atoms with Gasteiger partial charge in [0.2, 0.25) is 0 Å². The van der Waals surface area contributed by atoms with Crippen LogP contribution in [-0.4, -0.2) is 13.4 Å². The maximum absolute atomic E-state index is 5.14. The van der Waals surface area contributed by atoms with Gasteiger partial charge in [-0.1, -0.05) is 12.1 Å². The van der Waals surface area contributed by atoms with E-state index in [9.17, 15) is 0 Å². The third kappa shape index (κ3) is 2.02. The molecule has 0 radical (unpaired) electrons. The van der Waals surface area contributed by atoms with Gasteiger partial charge in [-0.15, -0.1) is 11.8 Å². The summed E-state index contributed by atoms with van der Waals surface area (Å²) < 4.78 is 5.14. The molecule has 0 heterocycles. The van der Waals surface area contributed by atoms with E-state index in [0.29, 0.717) is 6.61 Å². The van der Waals surface area contributed by atoms with E-state index < -0.39 is 0 Å². The van der Waals surface area contributed by atoms with Crippen LogP contribution in [0.1, 0.15) is 11.1 Å². The molecule has 1 aromatic rings. The highest BCUT2D eigenvalue weighted by Crippen LogP contribution is 2.23. The summed E-state index contributed by atoms with van der Waals surface area (Å²) in [6.45, 7) is 2.83. The van der Waals surface area contributed by atoms with Crippen molar-refractivity contribution in [1.82, 2.24) is 0 Å². The van der Waals surface area contributed by atoms with Crippen molar-refractivity contribution < 1.29 is 4.74 Å².